The van der Waals surface area contributed by atoms with E-state index in [4.69, 9.17) is 11.6 Å². The summed E-state index contributed by atoms with van der Waals surface area (Å²) >= 11 is 6.04. The summed E-state index contributed by atoms with van der Waals surface area (Å²) in [6, 6.07) is 4.46. The van der Waals surface area contributed by atoms with Gasteiger partial charge in [-0.15, -0.1) is 0 Å². The van der Waals surface area contributed by atoms with Crippen LogP contribution in [0.3, 0.4) is 0 Å². The number of halogens is 2. The molecule has 1 aliphatic rings. The molecule has 2 rings (SSSR count). The Morgan fingerprint density at radius 2 is 2.18 bits per heavy atom. The Bertz CT molecular complexity index is 386. The van der Waals surface area contributed by atoms with Crippen molar-refractivity contribution in [2.24, 2.45) is 0 Å². The standard InChI is InChI=1S/C13H17ClFNO/c14-13-4-3-11(15)8-10(13)9-16-6-1-2-12(17)5-7-16/h3-4,8,12,17H,1-2,5-7,9H2/t12-/m0/s1. The van der Waals surface area contributed by atoms with Gasteiger partial charge < -0.3 is 5.11 Å². The van der Waals surface area contributed by atoms with Crippen LogP contribution in [0.25, 0.3) is 0 Å². The number of aliphatic hydroxyl groups is 1. The lowest BCUT2D eigenvalue weighted by atomic mass is 10.2. The molecule has 1 aliphatic heterocycles. The zero-order valence-corrected chi connectivity index (χ0v) is 10.5. The van der Waals surface area contributed by atoms with Crippen molar-refractivity contribution in [3.05, 3.63) is 34.6 Å². The molecule has 0 bridgehead atoms. The minimum absolute atomic E-state index is 0.192. The fraction of sp³-hybridized carbons (Fsp3) is 0.538. The van der Waals surface area contributed by atoms with Crippen LogP contribution in [0.4, 0.5) is 4.39 Å². The summed E-state index contributed by atoms with van der Waals surface area (Å²) in [7, 11) is 0. The molecule has 0 unspecified atom stereocenters. The highest BCUT2D eigenvalue weighted by atomic mass is 35.5. The maximum absolute atomic E-state index is 13.1. The Labute approximate surface area is 106 Å². The molecule has 0 spiro atoms. The maximum Gasteiger partial charge on any atom is 0.123 e. The van der Waals surface area contributed by atoms with Gasteiger partial charge in [0.25, 0.3) is 0 Å². The van der Waals surface area contributed by atoms with Crippen LogP contribution in [0.1, 0.15) is 24.8 Å². The SMILES string of the molecule is O[C@H]1CCCN(Cc2cc(F)ccc2Cl)CC1. The van der Waals surface area contributed by atoms with Gasteiger partial charge in [-0.1, -0.05) is 11.6 Å². The molecular formula is C13H17ClFNO. The van der Waals surface area contributed by atoms with Gasteiger partial charge in [0.05, 0.1) is 6.10 Å². The Hall–Kier alpha value is -0.640. The van der Waals surface area contributed by atoms with E-state index in [1.54, 1.807) is 6.07 Å². The summed E-state index contributed by atoms with van der Waals surface area (Å²) in [4.78, 5) is 2.22. The number of hydrogen-bond acceptors (Lipinski definition) is 2. The van der Waals surface area contributed by atoms with Gasteiger partial charge in [-0.25, -0.2) is 4.39 Å². The number of likely N-dealkylation sites (tertiary alicyclic amines) is 1. The van der Waals surface area contributed by atoms with Crippen LogP contribution < -0.4 is 0 Å². The summed E-state index contributed by atoms with van der Waals surface area (Å²) in [6.07, 6.45) is 2.43. The molecule has 0 aromatic heterocycles. The van der Waals surface area contributed by atoms with Crippen LogP contribution in [0.2, 0.25) is 5.02 Å². The molecule has 0 amide bonds. The van der Waals surface area contributed by atoms with E-state index < -0.39 is 0 Å². The summed E-state index contributed by atoms with van der Waals surface area (Å²) in [5.74, 6) is -0.251. The topological polar surface area (TPSA) is 23.5 Å². The van der Waals surface area contributed by atoms with E-state index in [2.05, 4.69) is 4.90 Å². The van der Waals surface area contributed by atoms with Crippen molar-refractivity contribution in [1.82, 2.24) is 4.90 Å². The lowest BCUT2D eigenvalue weighted by Crippen LogP contribution is -2.24. The number of hydrogen-bond donors (Lipinski definition) is 1. The Balaban J connectivity index is 2.02. The van der Waals surface area contributed by atoms with Crippen molar-refractivity contribution in [3.8, 4) is 0 Å². The molecule has 2 nitrogen and oxygen atoms in total. The number of aliphatic hydroxyl groups excluding tert-OH is 1. The first kappa shape index (κ1) is 12.8. The third kappa shape index (κ3) is 3.66. The number of rotatable bonds is 2. The first-order valence-electron chi connectivity index (χ1n) is 5.99. The van der Waals surface area contributed by atoms with E-state index in [0.29, 0.717) is 11.6 Å². The molecule has 1 atom stereocenters. The highest BCUT2D eigenvalue weighted by Crippen LogP contribution is 2.20. The van der Waals surface area contributed by atoms with Crippen molar-refractivity contribution in [3.63, 3.8) is 0 Å². The second kappa shape index (κ2) is 5.80. The van der Waals surface area contributed by atoms with Gasteiger partial charge >= 0.3 is 0 Å². The molecule has 1 saturated heterocycles. The fourth-order valence-electron chi connectivity index (χ4n) is 2.20. The summed E-state index contributed by atoms with van der Waals surface area (Å²) in [6.45, 7) is 2.43. The van der Waals surface area contributed by atoms with Crippen molar-refractivity contribution < 1.29 is 9.50 Å². The first-order chi connectivity index (χ1) is 8.15. The fourth-order valence-corrected chi connectivity index (χ4v) is 2.38. The van der Waals surface area contributed by atoms with Crippen LogP contribution >= 0.6 is 11.6 Å². The van der Waals surface area contributed by atoms with E-state index in [0.717, 1.165) is 37.9 Å². The third-order valence-corrected chi connectivity index (χ3v) is 3.56. The third-order valence-electron chi connectivity index (χ3n) is 3.19. The summed E-state index contributed by atoms with van der Waals surface area (Å²) in [5, 5.41) is 10.2. The normalized spacial score (nSPS) is 22.4. The van der Waals surface area contributed by atoms with Gasteiger partial charge in [-0.2, -0.15) is 0 Å². The van der Waals surface area contributed by atoms with E-state index in [1.165, 1.54) is 12.1 Å². The maximum atomic E-state index is 13.1. The van der Waals surface area contributed by atoms with Gasteiger partial charge in [-0.3, -0.25) is 4.90 Å². The van der Waals surface area contributed by atoms with E-state index in [9.17, 15) is 9.50 Å². The van der Waals surface area contributed by atoms with E-state index in [1.807, 2.05) is 0 Å². The summed E-state index contributed by atoms with van der Waals surface area (Å²) < 4.78 is 13.1. The molecule has 1 N–H and O–H groups in total. The second-order valence-electron chi connectivity index (χ2n) is 4.60. The van der Waals surface area contributed by atoms with Crippen molar-refractivity contribution in [1.29, 1.82) is 0 Å². The quantitative estimate of drug-likeness (QED) is 0.881. The molecule has 0 aliphatic carbocycles. The lowest BCUT2D eigenvalue weighted by Gasteiger charge is -2.20. The number of nitrogens with zero attached hydrogens (tertiary/aromatic N) is 1. The van der Waals surface area contributed by atoms with Gasteiger partial charge in [0.15, 0.2) is 0 Å². The molecule has 0 radical (unpaired) electrons. The molecule has 1 heterocycles. The molecule has 1 aromatic rings. The highest BCUT2D eigenvalue weighted by molar-refractivity contribution is 6.31. The summed E-state index contributed by atoms with van der Waals surface area (Å²) in [5.41, 5.74) is 0.822. The van der Waals surface area contributed by atoms with Crippen LogP contribution in [-0.4, -0.2) is 29.2 Å². The van der Waals surface area contributed by atoms with Crippen molar-refractivity contribution >= 4 is 11.6 Å². The van der Waals surface area contributed by atoms with Crippen molar-refractivity contribution in [2.75, 3.05) is 13.1 Å². The molecule has 1 aromatic carbocycles. The smallest absolute Gasteiger partial charge is 0.123 e. The zero-order chi connectivity index (χ0) is 12.3. The largest absolute Gasteiger partial charge is 0.393 e. The van der Waals surface area contributed by atoms with Gasteiger partial charge in [0.1, 0.15) is 5.82 Å². The lowest BCUT2D eigenvalue weighted by molar-refractivity contribution is 0.154. The highest BCUT2D eigenvalue weighted by Gasteiger charge is 2.16. The molecule has 0 saturated carbocycles. The molecular weight excluding hydrogens is 241 g/mol. The van der Waals surface area contributed by atoms with Crippen LogP contribution in [0.15, 0.2) is 18.2 Å². The van der Waals surface area contributed by atoms with Gasteiger partial charge in [0.2, 0.25) is 0 Å². The minimum Gasteiger partial charge on any atom is -0.393 e. The van der Waals surface area contributed by atoms with Gasteiger partial charge in [0, 0.05) is 18.1 Å². The van der Waals surface area contributed by atoms with E-state index >= 15 is 0 Å². The van der Waals surface area contributed by atoms with Crippen LogP contribution in [-0.2, 0) is 6.54 Å². The average molecular weight is 258 g/mol. The van der Waals surface area contributed by atoms with E-state index in [-0.39, 0.29) is 11.9 Å². The Morgan fingerprint density at radius 3 is 3.00 bits per heavy atom. The van der Waals surface area contributed by atoms with Gasteiger partial charge in [-0.05, 0) is 49.6 Å². The van der Waals surface area contributed by atoms with Crippen LogP contribution in [0, 0.1) is 5.82 Å². The first-order valence-corrected chi connectivity index (χ1v) is 6.37. The Kier molecular flexibility index (Phi) is 4.37. The molecule has 17 heavy (non-hydrogen) atoms. The van der Waals surface area contributed by atoms with Crippen molar-refractivity contribution in [2.45, 2.75) is 31.9 Å². The molecule has 1 fully saturated rings. The Morgan fingerprint density at radius 1 is 1.35 bits per heavy atom. The molecule has 94 valence electrons. The molecule has 4 heteroatoms. The minimum atomic E-state index is -0.251. The zero-order valence-electron chi connectivity index (χ0n) is 9.70. The van der Waals surface area contributed by atoms with Crippen LogP contribution in [0.5, 0.6) is 0 Å². The second-order valence-corrected chi connectivity index (χ2v) is 5.00. The average Bonchev–Trinajstić information content (AvgIpc) is 2.49. The predicted octanol–water partition coefficient (Wildman–Crippen LogP) is 2.83. The monoisotopic (exact) mass is 257 g/mol. The predicted molar refractivity (Wildman–Crippen MR) is 66.5 cm³/mol. The number of benzene rings is 1.